The summed E-state index contributed by atoms with van der Waals surface area (Å²) in [7, 11) is 0. The molecule has 0 atom stereocenters. The van der Waals surface area contributed by atoms with E-state index in [1.54, 1.807) is 0 Å². The first-order valence-electron chi connectivity index (χ1n) is 16.3. The van der Waals surface area contributed by atoms with Gasteiger partial charge in [0, 0.05) is 55.4 Å². The number of hydrogen-bond donors (Lipinski definition) is 0. The fourth-order valence-corrected chi connectivity index (χ4v) is 8.59. The maximum Gasteiger partial charge on any atom is 0.0535 e. The monoisotopic (exact) mass is 628 g/mol. The molecule has 0 aliphatic rings. The molecule has 10 rings (SSSR count). The van der Waals surface area contributed by atoms with E-state index in [1.165, 1.54) is 80.4 Å². The van der Waals surface area contributed by atoms with Crippen LogP contribution in [0.4, 0.5) is 0 Å². The summed E-state index contributed by atoms with van der Waals surface area (Å²) in [6.07, 6.45) is 6.08. The van der Waals surface area contributed by atoms with E-state index in [2.05, 4.69) is 167 Å². The Morgan fingerprint density at radius 3 is 1.92 bits per heavy atom. The predicted molar refractivity (Wildman–Crippen MR) is 205 cm³/mol. The molecule has 0 aliphatic heterocycles. The van der Waals surface area contributed by atoms with Crippen molar-refractivity contribution in [2.75, 3.05) is 0 Å². The quantitative estimate of drug-likeness (QED) is 0.177. The number of hydrogen-bond acceptors (Lipinski definition) is 2. The second-order valence-electron chi connectivity index (χ2n) is 12.4. The molecule has 0 radical (unpaired) electrons. The van der Waals surface area contributed by atoms with E-state index in [1.807, 2.05) is 23.7 Å². The maximum absolute atomic E-state index is 4.62. The Labute approximate surface area is 281 Å². The van der Waals surface area contributed by atoms with Crippen molar-refractivity contribution in [3.63, 3.8) is 0 Å². The highest BCUT2D eigenvalue weighted by Crippen LogP contribution is 2.48. The van der Waals surface area contributed by atoms with E-state index in [4.69, 9.17) is 0 Å². The molecular weight excluding hydrogens is 601 g/mol. The van der Waals surface area contributed by atoms with Crippen LogP contribution in [-0.4, -0.2) is 9.55 Å². The van der Waals surface area contributed by atoms with Gasteiger partial charge >= 0.3 is 0 Å². The molecule has 3 aromatic heterocycles. The van der Waals surface area contributed by atoms with Gasteiger partial charge < -0.3 is 4.57 Å². The van der Waals surface area contributed by atoms with Crippen LogP contribution in [0.5, 0.6) is 0 Å². The molecule has 48 heavy (non-hydrogen) atoms. The van der Waals surface area contributed by atoms with Gasteiger partial charge in [0.25, 0.3) is 0 Å². The van der Waals surface area contributed by atoms with E-state index in [0.29, 0.717) is 0 Å². The molecule has 224 valence electrons. The fraction of sp³-hybridized carbons (Fsp3) is 0. The molecule has 0 saturated heterocycles. The summed E-state index contributed by atoms with van der Waals surface area (Å²) in [4.78, 5) is 4.62. The van der Waals surface area contributed by atoms with E-state index in [0.717, 1.165) is 11.3 Å². The maximum atomic E-state index is 4.62. The van der Waals surface area contributed by atoms with E-state index in [-0.39, 0.29) is 0 Å². The van der Waals surface area contributed by atoms with Crippen molar-refractivity contribution in [1.29, 1.82) is 0 Å². The topological polar surface area (TPSA) is 17.8 Å². The lowest BCUT2D eigenvalue weighted by molar-refractivity contribution is 1.13. The number of benzene rings is 7. The second kappa shape index (κ2) is 10.8. The van der Waals surface area contributed by atoms with Gasteiger partial charge in [-0.2, -0.15) is 0 Å². The average Bonchev–Trinajstić information content (AvgIpc) is 3.74. The summed E-state index contributed by atoms with van der Waals surface area (Å²) in [6, 6.07) is 55.3. The van der Waals surface area contributed by atoms with Crippen LogP contribution >= 0.6 is 11.3 Å². The fourth-order valence-electron chi connectivity index (χ4n) is 7.47. The average molecular weight is 629 g/mol. The Kier molecular flexibility index (Phi) is 6.08. The summed E-state index contributed by atoms with van der Waals surface area (Å²) < 4.78 is 4.93. The van der Waals surface area contributed by atoms with Crippen molar-refractivity contribution >= 4 is 64.0 Å². The normalized spacial score (nSPS) is 11.8. The minimum absolute atomic E-state index is 1.12. The molecule has 2 nitrogen and oxygen atoms in total. The SMILES string of the molecule is c1ccc(-c2ccc(-c3c(-c4cccnc4)c4cc5c(cc4c4cc6c(ccn6-c6ccccc6)cc34)sc3ccccc35)cc2)cc1. The van der Waals surface area contributed by atoms with Crippen LogP contribution < -0.4 is 0 Å². The van der Waals surface area contributed by atoms with Crippen LogP contribution in [0.2, 0.25) is 0 Å². The van der Waals surface area contributed by atoms with Crippen LogP contribution in [0, 0.1) is 0 Å². The molecule has 0 N–H and O–H groups in total. The lowest BCUT2D eigenvalue weighted by Gasteiger charge is -2.19. The first kappa shape index (κ1) is 27.1. The summed E-state index contributed by atoms with van der Waals surface area (Å²) >= 11 is 1.87. The zero-order chi connectivity index (χ0) is 31.6. The van der Waals surface area contributed by atoms with E-state index >= 15 is 0 Å². The third kappa shape index (κ3) is 4.22. The molecule has 0 bridgehead atoms. The highest BCUT2D eigenvalue weighted by atomic mass is 32.1. The Balaban J connectivity index is 1.37. The van der Waals surface area contributed by atoms with E-state index < -0.39 is 0 Å². The van der Waals surface area contributed by atoms with Crippen LogP contribution in [-0.2, 0) is 0 Å². The van der Waals surface area contributed by atoms with Crippen LogP contribution in [0.3, 0.4) is 0 Å². The molecule has 3 heterocycles. The Bertz CT molecular complexity index is 2790. The minimum atomic E-state index is 1.12. The lowest BCUT2D eigenvalue weighted by atomic mass is 9.84. The Morgan fingerprint density at radius 2 is 1.10 bits per heavy atom. The van der Waals surface area contributed by atoms with Gasteiger partial charge in [-0.25, -0.2) is 0 Å². The van der Waals surface area contributed by atoms with Crippen molar-refractivity contribution in [3.8, 4) is 39.1 Å². The molecule has 0 saturated carbocycles. The summed E-state index contributed by atoms with van der Waals surface area (Å²) in [5.74, 6) is 0. The number of aromatic nitrogens is 2. The minimum Gasteiger partial charge on any atom is -0.317 e. The van der Waals surface area contributed by atoms with Gasteiger partial charge in [-0.1, -0.05) is 97.1 Å². The zero-order valence-corrected chi connectivity index (χ0v) is 26.8. The molecule has 0 aliphatic carbocycles. The smallest absolute Gasteiger partial charge is 0.0535 e. The van der Waals surface area contributed by atoms with Crippen molar-refractivity contribution in [1.82, 2.24) is 9.55 Å². The third-order valence-corrected chi connectivity index (χ3v) is 10.8. The molecule has 0 spiro atoms. The number of rotatable bonds is 4. The number of pyridine rings is 1. The molecule has 3 heteroatoms. The van der Waals surface area contributed by atoms with Gasteiger partial charge in [-0.3, -0.25) is 4.98 Å². The van der Waals surface area contributed by atoms with Gasteiger partial charge in [0.1, 0.15) is 0 Å². The number of nitrogens with zero attached hydrogens (tertiary/aromatic N) is 2. The number of thiophene rings is 1. The van der Waals surface area contributed by atoms with Gasteiger partial charge in [-0.15, -0.1) is 11.3 Å². The first-order valence-corrected chi connectivity index (χ1v) is 17.1. The van der Waals surface area contributed by atoms with E-state index in [9.17, 15) is 0 Å². The highest BCUT2D eigenvalue weighted by molar-refractivity contribution is 7.25. The second-order valence-corrected chi connectivity index (χ2v) is 13.5. The van der Waals surface area contributed by atoms with Crippen molar-refractivity contribution in [2.45, 2.75) is 0 Å². The Hall–Kier alpha value is -6.03. The van der Waals surface area contributed by atoms with Crippen molar-refractivity contribution in [3.05, 3.63) is 170 Å². The molecule has 7 aromatic carbocycles. The summed E-state index contributed by atoms with van der Waals surface area (Å²) in [5.41, 5.74) is 9.55. The number of fused-ring (bicyclic) bond motifs is 7. The first-order chi connectivity index (χ1) is 23.8. The molecule has 0 fully saturated rings. The number of para-hydroxylation sites is 1. The molecular formula is C45H28N2S. The van der Waals surface area contributed by atoms with Crippen LogP contribution in [0.25, 0.3) is 91.7 Å². The highest BCUT2D eigenvalue weighted by Gasteiger charge is 2.21. The zero-order valence-electron chi connectivity index (χ0n) is 26.0. The van der Waals surface area contributed by atoms with Gasteiger partial charge in [-0.05, 0) is 104 Å². The van der Waals surface area contributed by atoms with Crippen LogP contribution in [0.1, 0.15) is 0 Å². The van der Waals surface area contributed by atoms with Crippen LogP contribution in [0.15, 0.2) is 170 Å². The van der Waals surface area contributed by atoms with Gasteiger partial charge in [0.2, 0.25) is 0 Å². The molecule has 10 aromatic rings. The van der Waals surface area contributed by atoms with Crippen molar-refractivity contribution in [2.24, 2.45) is 0 Å². The van der Waals surface area contributed by atoms with Crippen molar-refractivity contribution < 1.29 is 0 Å². The largest absolute Gasteiger partial charge is 0.317 e. The van der Waals surface area contributed by atoms with Gasteiger partial charge in [0.15, 0.2) is 0 Å². The lowest BCUT2D eigenvalue weighted by Crippen LogP contribution is -1.94. The summed E-state index contributed by atoms with van der Waals surface area (Å²) in [5, 5.41) is 8.81. The molecule has 0 unspecified atom stereocenters. The third-order valence-electron chi connectivity index (χ3n) is 9.69. The standard InChI is InChI=1S/C45H28N2S/c1-3-10-29(11-4-1)30-17-19-31(20-18-30)44-39-24-32-21-23-47(34-13-5-2-6-14-34)41(32)26-36(39)37-27-43-38(35-15-7-8-16-42(35)48-43)25-40(37)45(44)33-12-9-22-46-28-33/h1-28H. The predicted octanol–water partition coefficient (Wildman–Crippen LogP) is 12.7. The Morgan fingerprint density at radius 1 is 0.438 bits per heavy atom. The summed E-state index contributed by atoms with van der Waals surface area (Å²) in [6.45, 7) is 0. The molecule has 0 amide bonds. The van der Waals surface area contributed by atoms with Gasteiger partial charge in [0.05, 0.1) is 5.52 Å².